The lowest BCUT2D eigenvalue weighted by Gasteiger charge is -2.19. The molecule has 0 radical (unpaired) electrons. The van der Waals surface area contributed by atoms with E-state index in [2.05, 4.69) is 34.5 Å². The van der Waals surface area contributed by atoms with Crippen LogP contribution in [-0.2, 0) is 11.3 Å². The van der Waals surface area contributed by atoms with Crippen LogP contribution in [0.3, 0.4) is 0 Å². The zero-order chi connectivity index (χ0) is 17.3. The fourth-order valence-electron chi connectivity index (χ4n) is 2.98. The Morgan fingerprint density at radius 1 is 1.04 bits per heavy atom. The number of para-hydroxylation sites is 1. The number of hydrogen-bond donors (Lipinski definition) is 1. The standard InChI is InChI=1S/C21H24N2O2/c24-21(25-17-18-9-2-1-3-10-18)22-14-8-12-19-11-4-5-13-20(19)23-15-6-7-16-23/h1-5,8-13H,6-7,14-17H2,(H,22,24). The highest BCUT2D eigenvalue weighted by Crippen LogP contribution is 2.25. The highest BCUT2D eigenvalue weighted by molar-refractivity contribution is 5.70. The normalized spacial score (nSPS) is 14.0. The third-order valence-corrected chi connectivity index (χ3v) is 4.26. The van der Waals surface area contributed by atoms with E-state index in [4.69, 9.17) is 4.74 Å². The number of alkyl carbamates (subject to hydrolysis) is 1. The monoisotopic (exact) mass is 336 g/mol. The van der Waals surface area contributed by atoms with E-state index in [9.17, 15) is 4.79 Å². The Kier molecular flexibility index (Phi) is 6.10. The van der Waals surface area contributed by atoms with E-state index in [-0.39, 0.29) is 6.61 Å². The van der Waals surface area contributed by atoms with Crippen LogP contribution < -0.4 is 10.2 Å². The number of amides is 1. The second-order valence-electron chi connectivity index (χ2n) is 6.10. The molecule has 1 N–H and O–H groups in total. The number of ether oxygens (including phenoxy) is 1. The van der Waals surface area contributed by atoms with Crippen molar-refractivity contribution in [1.82, 2.24) is 5.32 Å². The van der Waals surface area contributed by atoms with Crippen LogP contribution in [-0.4, -0.2) is 25.7 Å². The average Bonchev–Trinajstić information content (AvgIpc) is 3.19. The van der Waals surface area contributed by atoms with Crippen LogP contribution in [0.1, 0.15) is 24.0 Å². The maximum atomic E-state index is 11.7. The third-order valence-electron chi connectivity index (χ3n) is 4.26. The molecule has 1 heterocycles. The molecule has 0 aliphatic carbocycles. The van der Waals surface area contributed by atoms with Gasteiger partial charge in [0.25, 0.3) is 0 Å². The smallest absolute Gasteiger partial charge is 0.407 e. The Labute approximate surface area is 149 Å². The van der Waals surface area contributed by atoms with Crippen molar-refractivity contribution in [1.29, 1.82) is 0 Å². The predicted octanol–water partition coefficient (Wildman–Crippen LogP) is 4.23. The Morgan fingerprint density at radius 3 is 2.56 bits per heavy atom. The number of anilines is 1. The molecular formula is C21H24N2O2. The zero-order valence-corrected chi connectivity index (χ0v) is 14.4. The van der Waals surface area contributed by atoms with Gasteiger partial charge in [0.05, 0.1) is 0 Å². The summed E-state index contributed by atoms with van der Waals surface area (Å²) in [5.41, 5.74) is 3.43. The van der Waals surface area contributed by atoms with Gasteiger partial charge in [-0.25, -0.2) is 4.79 Å². The molecule has 4 heteroatoms. The van der Waals surface area contributed by atoms with E-state index in [0.29, 0.717) is 6.54 Å². The van der Waals surface area contributed by atoms with E-state index < -0.39 is 6.09 Å². The van der Waals surface area contributed by atoms with Gasteiger partial charge in [0.2, 0.25) is 0 Å². The van der Waals surface area contributed by atoms with E-state index in [0.717, 1.165) is 18.7 Å². The summed E-state index contributed by atoms with van der Waals surface area (Å²) in [6.45, 7) is 2.97. The number of nitrogens with one attached hydrogen (secondary N) is 1. The molecule has 130 valence electrons. The van der Waals surface area contributed by atoms with Crippen molar-refractivity contribution in [2.75, 3.05) is 24.5 Å². The van der Waals surface area contributed by atoms with Crippen LogP contribution in [0.25, 0.3) is 6.08 Å². The molecule has 0 atom stereocenters. The molecule has 1 saturated heterocycles. The lowest BCUT2D eigenvalue weighted by atomic mass is 10.1. The lowest BCUT2D eigenvalue weighted by Crippen LogP contribution is -2.24. The maximum absolute atomic E-state index is 11.7. The summed E-state index contributed by atoms with van der Waals surface area (Å²) < 4.78 is 5.19. The van der Waals surface area contributed by atoms with Crippen molar-refractivity contribution in [3.8, 4) is 0 Å². The Hall–Kier alpha value is -2.75. The summed E-state index contributed by atoms with van der Waals surface area (Å²) in [7, 11) is 0. The second-order valence-corrected chi connectivity index (χ2v) is 6.10. The number of nitrogens with zero attached hydrogens (tertiary/aromatic N) is 1. The first-order chi connectivity index (χ1) is 12.3. The fourth-order valence-corrected chi connectivity index (χ4v) is 2.98. The average molecular weight is 336 g/mol. The first-order valence-corrected chi connectivity index (χ1v) is 8.78. The summed E-state index contributed by atoms with van der Waals surface area (Å²) in [4.78, 5) is 14.1. The summed E-state index contributed by atoms with van der Waals surface area (Å²) in [6.07, 6.45) is 6.13. The molecule has 25 heavy (non-hydrogen) atoms. The van der Waals surface area contributed by atoms with Crippen molar-refractivity contribution < 1.29 is 9.53 Å². The predicted molar refractivity (Wildman–Crippen MR) is 102 cm³/mol. The number of hydrogen-bond acceptors (Lipinski definition) is 3. The summed E-state index contributed by atoms with van der Waals surface area (Å²) in [5.74, 6) is 0. The number of carbonyl (C=O) groups excluding carboxylic acids is 1. The lowest BCUT2D eigenvalue weighted by molar-refractivity contribution is 0.141. The van der Waals surface area contributed by atoms with E-state index in [1.165, 1.54) is 24.1 Å². The minimum atomic E-state index is -0.402. The Morgan fingerprint density at radius 2 is 1.76 bits per heavy atom. The van der Waals surface area contributed by atoms with Crippen LogP contribution in [0.15, 0.2) is 60.7 Å². The molecule has 1 aliphatic rings. The molecule has 0 saturated carbocycles. The first kappa shape index (κ1) is 17.1. The number of rotatable bonds is 6. The van der Waals surface area contributed by atoms with Gasteiger partial charge in [0.1, 0.15) is 6.61 Å². The van der Waals surface area contributed by atoms with Gasteiger partial charge < -0.3 is 15.0 Å². The summed E-state index contributed by atoms with van der Waals surface area (Å²) in [5, 5.41) is 2.75. The van der Waals surface area contributed by atoms with Gasteiger partial charge in [-0.2, -0.15) is 0 Å². The van der Waals surface area contributed by atoms with Crippen LogP contribution in [0.4, 0.5) is 10.5 Å². The van der Waals surface area contributed by atoms with Gasteiger partial charge in [0, 0.05) is 25.3 Å². The second kappa shape index (κ2) is 8.92. The SMILES string of the molecule is O=C(NCC=Cc1ccccc1N1CCCC1)OCc1ccccc1. The topological polar surface area (TPSA) is 41.6 Å². The van der Waals surface area contributed by atoms with Crippen molar-refractivity contribution in [3.05, 3.63) is 71.8 Å². The summed E-state index contributed by atoms with van der Waals surface area (Å²) >= 11 is 0. The molecule has 0 aromatic heterocycles. The molecule has 1 fully saturated rings. The highest BCUT2D eigenvalue weighted by Gasteiger charge is 2.13. The van der Waals surface area contributed by atoms with Crippen LogP contribution in [0.2, 0.25) is 0 Å². The van der Waals surface area contributed by atoms with Crippen molar-refractivity contribution >= 4 is 17.9 Å². The molecule has 0 unspecified atom stereocenters. The summed E-state index contributed by atoms with van der Waals surface area (Å²) in [6, 6.07) is 18.0. The fraction of sp³-hybridized carbons (Fsp3) is 0.286. The molecular weight excluding hydrogens is 312 g/mol. The minimum absolute atomic E-state index is 0.286. The van der Waals surface area contributed by atoms with Crippen LogP contribution in [0, 0.1) is 0 Å². The van der Waals surface area contributed by atoms with E-state index in [1.54, 1.807) is 0 Å². The van der Waals surface area contributed by atoms with Gasteiger partial charge in [-0.15, -0.1) is 0 Å². The molecule has 3 rings (SSSR count). The molecule has 1 aliphatic heterocycles. The Balaban J connectivity index is 1.46. The highest BCUT2D eigenvalue weighted by atomic mass is 16.5. The van der Waals surface area contributed by atoms with Crippen molar-refractivity contribution in [2.45, 2.75) is 19.4 Å². The van der Waals surface area contributed by atoms with E-state index >= 15 is 0 Å². The quantitative estimate of drug-likeness (QED) is 0.858. The maximum Gasteiger partial charge on any atom is 0.407 e. The number of benzene rings is 2. The van der Waals surface area contributed by atoms with Crippen molar-refractivity contribution in [3.63, 3.8) is 0 Å². The van der Waals surface area contributed by atoms with Crippen LogP contribution in [0.5, 0.6) is 0 Å². The molecule has 1 amide bonds. The van der Waals surface area contributed by atoms with Gasteiger partial charge in [-0.05, 0) is 30.0 Å². The number of carbonyl (C=O) groups is 1. The molecule has 2 aromatic rings. The van der Waals surface area contributed by atoms with E-state index in [1.807, 2.05) is 42.5 Å². The third kappa shape index (κ3) is 5.11. The van der Waals surface area contributed by atoms with Crippen molar-refractivity contribution in [2.24, 2.45) is 0 Å². The molecule has 0 bridgehead atoms. The molecule has 2 aromatic carbocycles. The largest absolute Gasteiger partial charge is 0.445 e. The van der Waals surface area contributed by atoms with Gasteiger partial charge in [-0.1, -0.05) is 60.7 Å². The van der Waals surface area contributed by atoms with Gasteiger partial charge in [0.15, 0.2) is 0 Å². The zero-order valence-electron chi connectivity index (χ0n) is 14.4. The molecule has 0 spiro atoms. The van der Waals surface area contributed by atoms with Gasteiger partial charge >= 0.3 is 6.09 Å². The first-order valence-electron chi connectivity index (χ1n) is 8.78. The van der Waals surface area contributed by atoms with Crippen LogP contribution >= 0.6 is 0 Å². The molecule has 4 nitrogen and oxygen atoms in total. The van der Waals surface area contributed by atoms with Gasteiger partial charge in [-0.3, -0.25) is 0 Å². The minimum Gasteiger partial charge on any atom is -0.445 e. The Bertz CT molecular complexity index is 707.